The summed E-state index contributed by atoms with van der Waals surface area (Å²) in [4.78, 5) is 47.8. The van der Waals surface area contributed by atoms with E-state index in [2.05, 4.69) is 32.4 Å². The fourth-order valence-corrected chi connectivity index (χ4v) is 4.22. The first kappa shape index (κ1) is 20.1. The van der Waals surface area contributed by atoms with Gasteiger partial charge in [0.25, 0.3) is 5.56 Å². The average Bonchev–Trinajstić information content (AvgIpc) is 2.70. The molecule has 2 atom stereocenters. The Kier molecular flexibility index (Phi) is 5.32. The van der Waals surface area contributed by atoms with Crippen molar-refractivity contribution in [3.8, 4) is 0 Å². The lowest BCUT2D eigenvalue weighted by molar-refractivity contribution is -0.123. The Morgan fingerprint density at radius 2 is 2.03 bits per heavy atom. The number of aromatic nitrogens is 2. The lowest BCUT2D eigenvalue weighted by atomic mass is 9.92. The number of rotatable bonds is 3. The molecule has 1 aromatic carbocycles. The predicted molar refractivity (Wildman–Crippen MR) is 116 cm³/mol. The zero-order valence-corrected chi connectivity index (χ0v) is 17.5. The molecule has 1 saturated heterocycles. The monoisotopic (exact) mass is 409 g/mol. The number of aryl methyl sites for hydroxylation is 2. The molecule has 3 heterocycles. The molecule has 0 saturated carbocycles. The zero-order chi connectivity index (χ0) is 21.4. The van der Waals surface area contributed by atoms with Crippen molar-refractivity contribution in [3.05, 3.63) is 45.2 Å². The van der Waals surface area contributed by atoms with Gasteiger partial charge < -0.3 is 15.5 Å². The first-order valence-electron chi connectivity index (χ1n) is 10.4. The molecule has 3 N–H and O–H groups in total. The number of H-pyrrole nitrogens is 1. The number of fused-ring (bicyclic) bond motifs is 1. The van der Waals surface area contributed by atoms with Crippen LogP contribution >= 0.6 is 0 Å². The molecule has 2 aliphatic rings. The summed E-state index contributed by atoms with van der Waals surface area (Å²) in [7, 11) is 0. The van der Waals surface area contributed by atoms with E-state index < -0.39 is 5.92 Å². The van der Waals surface area contributed by atoms with E-state index in [1.165, 1.54) is 0 Å². The maximum atomic E-state index is 13.0. The van der Waals surface area contributed by atoms with Crippen LogP contribution in [0.4, 0.5) is 17.5 Å². The molecule has 2 aromatic rings. The van der Waals surface area contributed by atoms with Gasteiger partial charge in [-0.3, -0.25) is 19.4 Å². The Hall–Kier alpha value is -3.16. The third-order valence-electron chi connectivity index (χ3n) is 5.98. The van der Waals surface area contributed by atoms with E-state index >= 15 is 0 Å². The van der Waals surface area contributed by atoms with Crippen LogP contribution in [-0.4, -0.2) is 34.4 Å². The number of carbonyl (C=O) groups is 2. The van der Waals surface area contributed by atoms with Crippen LogP contribution in [-0.2, 0) is 9.59 Å². The van der Waals surface area contributed by atoms with Gasteiger partial charge in [-0.1, -0.05) is 12.1 Å². The SMILES string of the molecule is Cc1ccc(C)c(NC(=O)C2CC(=O)Nc3nc(N4CCCCC4C)[nH]c(=O)c32)c1. The van der Waals surface area contributed by atoms with Crippen LogP contribution in [0.25, 0.3) is 0 Å². The molecule has 0 bridgehead atoms. The number of hydrogen-bond acceptors (Lipinski definition) is 5. The molecule has 2 amide bonds. The van der Waals surface area contributed by atoms with Gasteiger partial charge in [0.1, 0.15) is 5.82 Å². The summed E-state index contributed by atoms with van der Waals surface area (Å²) in [6, 6.07) is 6.02. The number of nitrogens with one attached hydrogen (secondary N) is 3. The van der Waals surface area contributed by atoms with Crippen molar-refractivity contribution in [1.29, 1.82) is 0 Å². The Balaban J connectivity index is 1.67. The van der Waals surface area contributed by atoms with Gasteiger partial charge in [0.2, 0.25) is 17.8 Å². The highest BCUT2D eigenvalue weighted by molar-refractivity contribution is 6.04. The second-order valence-corrected chi connectivity index (χ2v) is 8.30. The van der Waals surface area contributed by atoms with E-state index in [-0.39, 0.29) is 41.2 Å². The van der Waals surface area contributed by atoms with Gasteiger partial charge in [0.15, 0.2) is 0 Å². The van der Waals surface area contributed by atoms with Gasteiger partial charge >= 0.3 is 0 Å². The lowest BCUT2D eigenvalue weighted by Crippen LogP contribution is -2.42. The third-order valence-corrected chi connectivity index (χ3v) is 5.98. The minimum Gasteiger partial charge on any atom is -0.340 e. The zero-order valence-electron chi connectivity index (χ0n) is 17.5. The molecule has 1 aromatic heterocycles. The Labute approximate surface area is 175 Å². The van der Waals surface area contributed by atoms with Gasteiger partial charge in [0.05, 0.1) is 11.5 Å². The lowest BCUT2D eigenvalue weighted by Gasteiger charge is -2.34. The second-order valence-electron chi connectivity index (χ2n) is 8.30. The van der Waals surface area contributed by atoms with Crippen LogP contribution in [0, 0.1) is 13.8 Å². The van der Waals surface area contributed by atoms with E-state index in [1.54, 1.807) is 0 Å². The highest BCUT2D eigenvalue weighted by Crippen LogP contribution is 2.31. The molecular weight excluding hydrogens is 382 g/mol. The van der Waals surface area contributed by atoms with Crippen LogP contribution in [0.2, 0.25) is 0 Å². The van der Waals surface area contributed by atoms with Crippen molar-refractivity contribution < 1.29 is 9.59 Å². The molecule has 8 heteroatoms. The van der Waals surface area contributed by atoms with E-state index in [4.69, 9.17) is 0 Å². The van der Waals surface area contributed by atoms with Crippen LogP contribution in [0.1, 0.15) is 55.2 Å². The number of amides is 2. The largest absolute Gasteiger partial charge is 0.340 e. The molecule has 8 nitrogen and oxygen atoms in total. The van der Waals surface area contributed by atoms with Crippen molar-refractivity contribution >= 4 is 29.3 Å². The van der Waals surface area contributed by atoms with Crippen molar-refractivity contribution in [3.63, 3.8) is 0 Å². The number of benzene rings is 1. The molecule has 1 fully saturated rings. The predicted octanol–water partition coefficient (Wildman–Crippen LogP) is 2.83. The summed E-state index contributed by atoms with van der Waals surface area (Å²) in [5.74, 6) is -0.964. The van der Waals surface area contributed by atoms with Gasteiger partial charge in [-0.05, 0) is 57.2 Å². The van der Waals surface area contributed by atoms with Gasteiger partial charge in [0, 0.05) is 24.7 Å². The molecule has 0 spiro atoms. The Bertz CT molecular complexity index is 1060. The molecule has 158 valence electrons. The van der Waals surface area contributed by atoms with Crippen LogP contribution < -0.4 is 21.1 Å². The van der Waals surface area contributed by atoms with Crippen LogP contribution in [0.5, 0.6) is 0 Å². The first-order chi connectivity index (χ1) is 14.3. The number of hydrogen-bond donors (Lipinski definition) is 3. The highest BCUT2D eigenvalue weighted by Gasteiger charge is 2.35. The van der Waals surface area contributed by atoms with Gasteiger partial charge in [-0.15, -0.1) is 0 Å². The molecule has 0 aliphatic carbocycles. The topological polar surface area (TPSA) is 107 Å². The highest BCUT2D eigenvalue weighted by atomic mass is 16.2. The average molecular weight is 409 g/mol. The van der Waals surface area contributed by atoms with Crippen molar-refractivity contribution in [2.75, 3.05) is 22.1 Å². The summed E-state index contributed by atoms with van der Waals surface area (Å²) >= 11 is 0. The maximum Gasteiger partial charge on any atom is 0.258 e. The molecule has 0 radical (unpaired) electrons. The Morgan fingerprint density at radius 3 is 2.80 bits per heavy atom. The molecule has 4 rings (SSSR count). The first-order valence-corrected chi connectivity index (χ1v) is 10.4. The van der Waals surface area contributed by atoms with Gasteiger partial charge in [-0.25, -0.2) is 0 Å². The molecule has 2 aliphatic heterocycles. The Morgan fingerprint density at radius 1 is 1.23 bits per heavy atom. The summed E-state index contributed by atoms with van der Waals surface area (Å²) < 4.78 is 0. The number of aromatic amines is 1. The number of anilines is 3. The standard InChI is InChI=1S/C22H27N5O3/c1-12-7-8-13(2)16(10-12)23-20(29)15-11-17(28)24-19-18(15)21(30)26-22(25-19)27-9-5-4-6-14(27)3/h7-8,10,14-15H,4-6,9,11H2,1-3H3,(H,23,29)(H2,24,25,26,28,30). The molecular formula is C22H27N5O3. The van der Waals surface area contributed by atoms with Crippen LogP contribution in [0.15, 0.2) is 23.0 Å². The normalized spacial score (nSPS) is 21.0. The van der Waals surface area contributed by atoms with Crippen LogP contribution in [0.3, 0.4) is 0 Å². The second kappa shape index (κ2) is 7.93. The van der Waals surface area contributed by atoms with E-state index in [9.17, 15) is 14.4 Å². The fraction of sp³-hybridized carbons (Fsp3) is 0.455. The smallest absolute Gasteiger partial charge is 0.258 e. The minimum atomic E-state index is -0.891. The number of piperidine rings is 1. The van der Waals surface area contributed by atoms with Crippen molar-refractivity contribution in [2.24, 2.45) is 0 Å². The minimum absolute atomic E-state index is 0.0894. The van der Waals surface area contributed by atoms with Gasteiger partial charge in [-0.2, -0.15) is 4.98 Å². The maximum absolute atomic E-state index is 13.0. The number of nitrogens with zero attached hydrogens (tertiary/aromatic N) is 2. The van der Waals surface area contributed by atoms with Crippen molar-refractivity contribution in [2.45, 2.75) is 58.4 Å². The number of carbonyl (C=O) groups excluding carboxylic acids is 2. The molecule has 30 heavy (non-hydrogen) atoms. The summed E-state index contributed by atoms with van der Waals surface area (Å²) in [5.41, 5.74) is 2.43. The summed E-state index contributed by atoms with van der Waals surface area (Å²) in [5, 5.41) is 5.57. The summed E-state index contributed by atoms with van der Waals surface area (Å²) in [6.45, 7) is 6.73. The fourth-order valence-electron chi connectivity index (χ4n) is 4.22. The van der Waals surface area contributed by atoms with E-state index in [0.717, 1.165) is 36.9 Å². The third kappa shape index (κ3) is 3.81. The van der Waals surface area contributed by atoms with Crippen molar-refractivity contribution in [1.82, 2.24) is 9.97 Å². The molecule has 2 unspecified atom stereocenters. The van der Waals surface area contributed by atoms with E-state index in [0.29, 0.717) is 11.6 Å². The summed E-state index contributed by atoms with van der Waals surface area (Å²) in [6.07, 6.45) is 3.10. The van der Waals surface area contributed by atoms with E-state index in [1.807, 2.05) is 32.0 Å². The quantitative estimate of drug-likeness (QED) is 0.723.